The molecule has 30 heavy (non-hydrogen) atoms. The summed E-state index contributed by atoms with van der Waals surface area (Å²) in [6.07, 6.45) is -4.56. The summed E-state index contributed by atoms with van der Waals surface area (Å²) in [5, 5.41) is 4.95. The maximum atomic E-state index is 12.7. The van der Waals surface area contributed by atoms with Crippen molar-refractivity contribution in [3.8, 4) is 0 Å². The number of rotatable bonds is 8. The molecule has 0 aliphatic heterocycles. The van der Waals surface area contributed by atoms with E-state index in [1.54, 1.807) is 18.2 Å². The van der Waals surface area contributed by atoms with Crippen molar-refractivity contribution in [3.63, 3.8) is 0 Å². The second-order valence-corrected chi connectivity index (χ2v) is 6.56. The van der Waals surface area contributed by atoms with Crippen LogP contribution in [0.1, 0.15) is 30.4 Å². The van der Waals surface area contributed by atoms with Gasteiger partial charge in [-0.25, -0.2) is 0 Å². The van der Waals surface area contributed by atoms with Crippen LogP contribution in [0.5, 0.6) is 0 Å². The zero-order valence-electron chi connectivity index (χ0n) is 16.2. The van der Waals surface area contributed by atoms with Gasteiger partial charge in [0.25, 0.3) is 5.91 Å². The van der Waals surface area contributed by atoms with Crippen molar-refractivity contribution in [3.05, 3.63) is 59.7 Å². The monoisotopic (exact) mass is 422 g/mol. The van der Waals surface area contributed by atoms with E-state index < -0.39 is 36.1 Å². The van der Waals surface area contributed by atoms with Gasteiger partial charge in [-0.2, -0.15) is 13.2 Å². The Morgan fingerprint density at radius 1 is 0.900 bits per heavy atom. The van der Waals surface area contributed by atoms with Crippen molar-refractivity contribution in [1.82, 2.24) is 0 Å². The average molecular weight is 422 g/mol. The summed E-state index contributed by atoms with van der Waals surface area (Å²) in [4.78, 5) is 35.3. The number of hydrogen-bond acceptors (Lipinski definition) is 4. The van der Waals surface area contributed by atoms with Crippen molar-refractivity contribution in [2.24, 2.45) is 0 Å². The highest BCUT2D eigenvalue weighted by Gasteiger charge is 2.30. The molecule has 0 bridgehead atoms. The van der Waals surface area contributed by atoms with Gasteiger partial charge < -0.3 is 15.4 Å². The summed E-state index contributed by atoms with van der Waals surface area (Å²) < 4.78 is 42.9. The molecule has 2 amide bonds. The number of halogens is 3. The summed E-state index contributed by atoms with van der Waals surface area (Å²) in [6, 6.07) is 11.4. The number of benzene rings is 2. The van der Waals surface area contributed by atoms with Crippen LogP contribution in [0.3, 0.4) is 0 Å². The molecule has 0 saturated heterocycles. The van der Waals surface area contributed by atoms with Crippen LogP contribution in [0.2, 0.25) is 0 Å². The van der Waals surface area contributed by atoms with Gasteiger partial charge in [0.1, 0.15) is 0 Å². The Balaban J connectivity index is 1.68. The second-order valence-electron chi connectivity index (χ2n) is 6.56. The van der Waals surface area contributed by atoms with Crippen LogP contribution in [-0.2, 0) is 25.3 Å². The molecule has 0 fully saturated rings. The number of alkyl halides is 3. The Morgan fingerprint density at radius 3 is 2.20 bits per heavy atom. The summed E-state index contributed by atoms with van der Waals surface area (Å²) in [5.41, 5.74) is 0.702. The van der Waals surface area contributed by atoms with Crippen LogP contribution in [0, 0.1) is 6.92 Å². The highest BCUT2D eigenvalue weighted by Crippen LogP contribution is 2.30. The highest BCUT2D eigenvalue weighted by molar-refractivity contribution is 5.93. The average Bonchev–Trinajstić information content (AvgIpc) is 2.66. The summed E-state index contributed by atoms with van der Waals surface area (Å²) in [7, 11) is 0. The number of esters is 1. The summed E-state index contributed by atoms with van der Waals surface area (Å²) >= 11 is 0. The Bertz CT molecular complexity index is 913. The van der Waals surface area contributed by atoms with E-state index in [2.05, 4.69) is 10.6 Å². The predicted molar refractivity (Wildman–Crippen MR) is 105 cm³/mol. The maximum Gasteiger partial charge on any atom is 0.416 e. The Hall–Kier alpha value is -3.36. The van der Waals surface area contributed by atoms with Crippen LogP contribution in [-0.4, -0.2) is 24.4 Å². The van der Waals surface area contributed by atoms with Gasteiger partial charge in [0.05, 0.1) is 5.56 Å². The zero-order valence-corrected chi connectivity index (χ0v) is 16.2. The minimum Gasteiger partial charge on any atom is -0.456 e. The first-order valence-electron chi connectivity index (χ1n) is 9.13. The minimum absolute atomic E-state index is 0.0187. The molecule has 0 aliphatic carbocycles. The normalized spacial score (nSPS) is 10.9. The van der Waals surface area contributed by atoms with Gasteiger partial charge in [0.15, 0.2) is 6.61 Å². The number of amides is 2. The number of ether oxygens (including phenoxy) is 1. The smallest absolute Gasteiger partial charge is 0.416 e. The number of carbonyl (C=O) groups excluding carboxylic acids is 3. The van der Waals surface area contributed by atoms with E-state index >= 15 is 0 Å². The molecular weight excluding hydrogens is 401 g/mol. The van der Waals surface area contributed by atoms with Gasteiger partial charge in [-0.1, -0.05) is 18.2 Å². The number of anilines is 2. The predicted octanol–water partition coefficient (Wildman–Crippen LogP) is 4.30. The van der Waals surface area contributed by atoms with E-state index in [9.17, 15) is 27.6 Å². The Labute approximate surface area is 171 Å². The van der Waals surface area contributed by atoms with Crippen molar-refractivity contribution in [2.75, 3.05) is 17.2 Å². The SMILES string of the molecule is Cc1cccc(NC(=O)COC(=O)CCCC(=O)Nc2cccc(C(F)(F)F)c2)c1. The molecule has 0 aromatic heterocycles. The zero-order chi connectivity index (χ0) is 22.1. The highest BCUT2D eigenvalue weighted by atomic mass is 19.4. The van der Waals surface area contributed by atoms with E-state index in [1.807, 2.05) is 13.0 Å². The van der Waals surface area contributed by atoms with Gasteiger partial charge >= 0.3 is 12.1 Å². The third-order valence-electron chi connectivity index (χ3n) is 3.92. The fraction of sp³-hybridized carbons (Fsp3) is 0.286. The molecule has 6 nitrogen and oxygen atoms in total. The van der Waals surface area contributed by atoms with Crippen LogP contribution in [0.15, 0.2) is 48.5 Å². The molecule has 0 unspecified atom stereocenters. The molecule has 9 heteroatoms. The number of aryl methyl sites for hydroxylation is 1. The van der Waals surface area contributed by atoms with Crippen LogP contribution in [0.25, 0.3) is 0 Å². The van der Waals surface area contributed by atoms with E-state index in [0.29, 0.717) is 5.69 Å². The molecule has 2 rings (SSSR count). The molecule has 0 spiro atoms. The van der Waals surface area contributed by atoms with E-state index in [1.165, 1.54) is 12.1 Å². The molecule has 2 N–H and O–H groups in total. The van der Waals surface area contributed by atoms with E-state index in [0.717, 1.165) is 17.7 Å². The molecule has 0 aliphatic rings. The quantitative estimate of drug-likeness (QED) is 0.621. The van der Waals surface area contributed by atoms with Crippen molar-refractivity contribution < 1.29 is 32.3 Å². The Morgan fingerprint density at radius 2 is 1.53 bits per heavy atom. The van der Waals surface area contributed by atoms with Gasteiger partial charge in [-0.3, -0.25) is 14.4 Å². The fourth-order valence-electron chi connectivity index (χ4n) is 2.53. The van der Waals surface area contributed by atoms with E-state index in [-0.39, 0.29) is 24.9 Å². The molecular formula is C21H21F3N2O4. The third-order valence-corrected chi connectivity index (χ3v) is 3.92. The second kappa shape index (κ2) is 10.4. The van der Waals surface area contributed by atoms with Crippen molar-refractivity contribution >= 4 is 29.2 Å². The van der Waals surface area contributed by atoms with Gasteiger partial charge in [0.2, 0.25) is 5.91 Å². The lowest BCUT2D eigenvalue weighted by atomic mass is 10.2. The molecule has 2 aromatic rings. The number of carbonyl (C=O) groups is 3. The lowest BCUT2D eigenvalue weighted by molar-refractivity contribution is -0.147. The fourth-order valence-corrected chi connectivity index (χ4v) is 2.53. The largest absolute Gasteiger partial charge is 0.456 e. The van der Waals surface area contributed by atoms with Crippen molar-refractivity contribution in [1.29, 1.82) is 0 Å². The third kappa shape index (κ3) is 7.94. The number of nitrogens with one attached hydrogen (secondary N) is 2. The summed E-state index contributed by atoms with van der Waals surface area (Å²) in [6.45, 7) is 1.42. The first-order chi connectivity index (χ1) is 14.1. The molecule has 0 atom stereocenters. The van der Waals surface area contributed by atoms with Crippen LogP contribution < -0.4 is 10.6 Å². The standard InChI is InChI=1S/C21H21F3N2O4/c1-14-5-2-7-16(11-14)26-19(28)13-30-20(29)10-4-9-18(27)25-17-8-3-6-15(12-17)21(22,23)24/h2-3,5-8,11-12H,4,9-10,13H2,1H3,(H,25,27)(H,26,28). The minimum atomic E-state index is -4.50. The maximum absolute atomic E-state index is 12.7. The molecule has 160 valence electrons. The van der Waals surface area contributed by atoms with Gasteiger partial charge in [0, 0.05) is 24.2 Å². The lowest BCUT2D eigenvalue weighted by Crippen LogP contribution is -2.21. The molecule has 0 heterocycles. The first kappa shape index (κ1) is 22.9. The van der Waals surface area contributed by atoms with Crippen molar-refractivity contribution in [2.45, 2.75) is 32.4 Å². The molecule has 2 aromatic carbocycles. The summed E-state index contributed by atoms with van der Waals surface area (Å²) in [5.74, 6) is -1.67. The van der Waals surface area contributed by atoms with Gasteiger partial charge in [-0.05, 0) is 49.2 Å². The lowest BCUT2D eigenvalue weighted by Gasteiger charge is -2.10. The van der Waals surface area contributed by atoms with E-state index in [4.69, 9.17) is 4.74 Å². The topological polar surface area (TPSA) is 84.5 Å². The first-order valence-corrected chi connectivity index (χ1v) is 9.13. The molecule has 0 saturated carbocycles. The van der Waals surface area contributed by atoms with Crippen LogP contribution >= 0.6 is 0 Å². The number of hydrogen-bond donors (Lipinski definition) is 2. The Kier molecular flexibility index (Phi) is 7.97. The van der Waals surface area contributed by atoms with Gasteiger partial charge in [-0.15, -0.1) is 0 Å². The van der Waals surface area contributed by atoms with Crippen LogP contribution in [0.4, 0.5) is 24.5 Å². The molecule has 0 radical (unpaired) electrons.